The minimum atomic E-state index is -4.52. The Balaban J connectivity index is 1.84. The zero-order valence-electron chi connectivity index (χ0n) is 12.3. The van der Waals surface area contributed by atoms with Crippen LogP contribution in [0.3, 0.4) is 0 Å². The highest BCUT2D eigenvalue weighted by atomic mass is 19.4. The van der Waals surface area contributed by atoms with Crippen LogP contribution in [-0.4, -0.2) is 18.0 Å². The molecule has 1 amide bonds. The highest BCUT2D eigenvalue weighted by molar-refractivity contribution is 6.03. The molecule has 0 aliphatic heterocycles. The number of oxazole rings is 1. The summed E-state index contributed by atoms with van der Waals surface area (Å²) in [6.07, 6.45) is -4.52. The zero-order valence-corrected chi connectivity index (χ0v) is 12.3. The number of carbonyl (C=O) groups is 1. The summed E-state index contributed by atoms with van der Waals surface area (Å²) in [6.45, 7) is 0. The first-order chi connectivity index (χ1) is 11.4. The molecule has 0 atom stereocenters. The maximum Gasteiger partial charge on any atom is 0.416 e. The second-order valence-corrected chi connectivity index (χ2v) is 4.89. The quantitative estimate of drug-likeness (QED) is 0.782. The van der Waals surface area contributed by atoms with Crippen molar-refractivity contribution < 1.29 is 27.1 Å². The fourth-order valence-corrected chi connectivity index (χ4v) is 2.09. The van der Waals surface area contributed by atoms with Crippen molar-refractivity contribution in [2.24, 2.45) is 0 Å². The van der Waals surface area contributed by atoms with E-state index in [9.17, 15) is 18.0 Å². The molecule has 3 rings (SSSR count). The van der Waals surface area contributed by atoms with E-state index >= 15 is 0 Å². The van der Waals surface area contributed by atoms with Crippen molar-refractivity contribution in [1.29, 1.82) is 0 Å². The molecule has 0 saturated heterocycles. The van der Waals surface area contributed by atoms with Gasteiger partial charge in [-0.1, -0.05) is 6.07 Å². The molecular formula is C16H11F3N2O3. The Hall–Kier alpha value is -3.03. The number of fused-ring (bicyclic) bond motifs is 1. The summed E-state index contributed by atoms with van der Waals surface area (Å²) in [5.74, 6) is -0.189. The Kier molecular flexibility index (Phi) is 3.88. The average molecular weight is 336 g/mol. The first kappa shape index (κ1) is 15.9. The van der Waals surface area contributed by atoms with Crippen LogP contribution in [0.15, 0.2) is 46.9 Å². The van der Waals surface area contributed by atoms with Crippen molar-refractivity contribution in [3.8, 4) is 5.75 Å². The molecule has 0 spiro atoms. The Morgan fingerprint density at radius 1 is 1.21 bits per heavy atom. The number of methoxy groups -OCH3 is 1. The third-order valence-electron chi connectivity index (χ3n) is 3.27. The lowest BCUT2D eigenvalue weighted by Gasteiger charge is -2.07. The van der Waals surface area contributed by atoms with E-state index in [1.165, 1.54) is 13.2 Å². The molecule has 8 heteroatoms. The Bertz CT molecular complexity index is 903. The highest BCUT2D eigenvalue weighted by Crippen LogP contribution is 2.30. The molecule has 1 N–H and O–H groups in total. The average Bonchev–Trinajstić information content (AvgIpc) is 2.95. The largest absolute Gasteiger partial charge is 0.497 e. The third kappa shape index (κ3) is 3.17. The summed E-state index contributed by atoms with van der Waals surface area (Å²) in [5, 5.41) is 2.34. The molecule has 0 bridgehead atoms. The number of benzene rings is 2. The number of carbonyl (C=O) groups excluding carboxylic acids is 1. The standard InChI is InChI=1S/C16H11F3N2O3/c1-23-11-5-6-13-12(8-11)20-15(24-13)21-14(22)9-3-2-4-10(7-9)16(17,18)19/h2-8H,1H3,(H,20,21,22). The van der Waals surface area contributed by atoms with Gasteiger partial charge in [0.15, 0.2) is 5.58 Å². The number of halogens is 3. The van der Waals surface area contributed by atoms with Crippen LogP contribution in [0.25, 0.3) is 11.1 Å². The van der Waals surface area contributed by atoms with E-state index in [1.807, 2.05) is 0 Å². The third-order valence-corrected chi connectivity index (χ3v) is 3.27. The molecule has 2 aromatic carbocycles. The van der Waals surface area contributed by atoms with Gasteiger partial charge in [-0.25, -0.2) is 0 Å². The predicted molar refractivity (Wildman–Crippen MR) is 80.0 cm³/mol. The topological polar surface area (TPSA) is 64.4 Å². The number of nitrogens with zero attached hydrogens (tertiary/aromatic N) is 1. The lowest BCUT2D eigenvalue weighted by Crippen LogP contribution is -2.14. The van der Waals surface area contributed by atoms with E-state index in [0.717, 1.165) is 18.2 Å². The van der Waals surface area contributed by atoms with E-state index in [0.29, 0.717) is 16.8 Å². The molecule has 0 saturated carbocycles. The van der Waals surface area contributed by atoms with Crippen LogP contribution in [0.5, 0.6) is 5.75 Å². The summed E-state index contributed by atoms with van der Waals surface area (Å²) in [7, 11) is 1.50. The van der Waals surface area contributed by atoms with Crippen LogP contribution in [-0.2, 0) is 6.18 Å². The number of alkyl halides is 3. The van der Waals surface area contributed by atoms with E-state index in [2.05, 4.69) is 10.3 Å². The molecule has 5 nitrogen and oxygen atoms in total. The summed E-state index contributed by atoms with van der Waals surface area (Å²) in [5.41, 5.74) is -0.189. The number of ether oxygens (including phenoxy) is 1. The molecule has 0 fully saturated rings. The van der Waals surface area contributed by atoms with Crippen LogP contribution in [0.4, 0.5) is 19.2 Å². The minimum absolute atomic E-state index is 0.110. The second kappa shape index (κ2) is 5.88. The molecule has 1 aromatic heterocycles. The summed E-state index contributed by atoms with van der Waals surface area (Å²) in [6, 6.07) is 8.86. The van der Waals surface area contributed by atoms with Crippen molar-refractivity contribution >= 4 is 23.0 Å². The Morgan fingerprint density at radius 3 is 2.71 bits per heavy atom. The van der Waals surface area contributed by atoms with E-state index in [4.69, 9.17) is 9.15 Å². The predicted octanol–water partition coefficient (Wildman–Crippen LogP) is 4.11. The number of rotatable bonds is 3. The number of anilines is 1. The summed E-state index contributed by atoms with van der Waals surface area (Å²) >= 11 is 0. The molecule has 0 unspecified atom stereocenters. The fourth-order valence-electron chi connectivity index (χ4n) is 2.09. The lowest BCUT2D eigenvalue weighted by molar-refractivity contribution is -0.137. The van der Waals surface area contributed by atoms with Gasteiger partial charge in [0.05, 0.1) is 12.7 Å². The highest BCUT2D eigenvalue weighted by Gasteiger charge is 2.31. The first-order valence-corrected chi connectivity index (χ1v) is 6.80. The van der Waals surface area contributed by atoms with E-state index in [-0.39, 0.29) is 11.6 Å². The van der Waals surface area contributed by atoms with Gasteiger partial charge in [-0.05, 0) is 30.3 Å². The lowest BCUT2D eigenvalue weighted by atomic mass is 10.1. The molecule has 24 heavy (non-hydrogen) atoms. The SMILES string of the molecule is COc1ccc2oc(NC(=O)c3cccc(C(F)(F)F)c3)nc2c1. The number of hydrogen-bond donors (Lipinski definition) is 1. The van der Waals surface area contributed by atoms with Gasteiger partial charge in [0.1, 0.15) is 11.3 Å². The number of amides is 1. The number of nitrogens with one attached hydrogen (secondary N) is 1. The van der Waals surface area contributed by atoms with Crippen LogP contribution < -0.4 is 10.1 Å². The molecular weight excluding hydrogens is 325 g/mol. The normalized spacial score (nSPS) is 11.5. The number of aromatic nitrogens is 1. The summed E-state index contributed by atoms with van der Waals surface area (Å²) in [4.78, 5) is 16.1. The maximum atomic E-state index is 12.7. The van der Waals surface area contributed by atoms with Gasteiger partial charge in [0.25, 0.3) is 5.91 Å². The van der Waals surface area contributed by atoms with Crippen molar-refractivity contribution in [3.63, 3.8) is 0 Å². The van der Waals surface area contributed by atoms with E-state index < -0.39 is 17.6 Å². The van der Waals surface area contributed by atoms with Crippen LogP contribution in [0.2, 0.25) is 0 Å². The van der Waals surface area contributed by atoms with Crippen LogP contribution >= 0.6 is 0 Å². The molecule has 124 valence electrons. The molecule has 0 aliphatic carbocycles. The first-order valence-electron chi connectivity index (χ1n) is 6.80. The Labute approximate surface area is 134 Å². The van der Waals surface area contributed by atoms with E-state index in [1.54, 1.807) is 18.2 Å². The monoisotopic (exact) mass is 336 g/mol. The van der Waals surface area contributed by atoms with Crippen molar-refractivity contribution in [2.45, 2.75) is 6.18 Å². The molecule has 0 radical (unpaired) electrons. The molecule has 1 heterocycles. The van der Waals surface area contributed by atoms with Crippen molar-refractivity contribution in [2.75, 3.05) is 12.4 Å². The van der Waals surface area contributed by atoms with Gasteiger partial charge < -0.3 is 9.15 Å². The van der Waals surface area contributed by atoms with Gasteiger partial charge in [-0.3, -0.25) is 10.1 Å². The van der Waals surface area contributed by atoms with Gasteiger partial charge in [-0.2, -0.15) is 18.2 Å². The minimum Gasteiger partial charge on any atom is -0.497 e. The molecule has 0 aliphatic rings. The Morgan fingerprint density at radius 2 is 2.00 bits per heavy atom. The van der Waals surface area contributed by atoms with Gasteiger partial charge in [0.2, 0.25) is 0 Å². The maximum absolute atomic E-state index is 12.7. The van der Waals surface area contributed by atoms with Gasteiger partial charge in [0, 0.05) is 11.6 Å². The van der Waals surface area contributed by atoms with Gasteiger partial charge >= 0.3 is 12.2 Å². The van der Waals surface area contributed by atoms with Crippen molar-refractivity contribution in [3.05, 3.63) is 53.6 Å². The van der Waals surface area contributed by atoms with Crippen LogP contribution in [0.1, 0.15) is 15.9 Å². The van der Waals surface area contributed by atoms with Crippen LogP contribution in [0, 0.1) is 0 Å². The smallest absolute Gasteiger partial charge is 0.416 e. The zero-order chi connectivity index (χ0) is 17.3. The second-order valence-electron chi connectivity index (χ2n) is 4.89. The fraction of sp³-hybridized carbons (Fsp3) is 0.125. The summed E-state index contributed by atoms with van der Waals surface area (Å²) < 4.78 is 48.5. The molecule has 3 aromatic rings. The number of hydrogen-bond acceptors (Lipinski definition) is 4. The van der Waals surface area contributed by atoms with Gasteiger partial charge in [-0.15, -0.1) is 0 Å². The van der Waals surface area contributed by atoms with Crippen molar-refractivity contribution in [1.82, 2.24) is 4.98 Å².